The predicted molar refractivity (Wildman–Crippen MR) is 104 cm³/mol. The van der Waals surface area contributed by atoms with Gasteiger partial charge in [-0.2, -0.15) is 0 Å². The second-order valence-corrected chi connectivity index (χ2v) is 6.42. The van der Waals surface area contributed by atoms with Crippen LogP contribution in [-0.2, 0) is 20.9 Å². The van der Waals surface area contributed by atoms with Gasteiger partial charge in [0.05, 0.1) is 19.1 Å². The van der Waals surface area contributed by atoms with Crippen molar-refractivity contribution in [2.24, 2.45) is 0 Å². The van der Waals surface area contributed by atoms with Gasteiger partial charge in [-0.3, -0.25) is 14.5 Å². The fraction of sp³-hybridized carbons (Fsp3) is 0.600. The molecule has 0 bridgehead atoms. The highest BCUT2D eigenvalue weighted by Crippen LogP contribution is 2.22. The van der Waals surface area contributed by atoms with Crippen molar-refractivity contribution < 1.29 is 19.1 Å². The van der Waals surface area contributed by atoms with Crippen LogP contribution in [-0.4, -0.2) is 62.2 Å². The Morgan fingerprint density at radius 2 is 2.11 bits per heavy atom. The van der Waals surface area contributed by atoms with Crippen LogP contribution in [0.1, 0.15) is 32.3 Å². The van der Waals surface area contributed by atoms with E-state index in [9.17, 15) is 9.59 Å². The lowest BCUT2D eigenvalue weighted by Crippen LogP contribution is -2.56. The van der Waals surface area contributed by atoms with Gasteiger partial charge in [0.2, 0.25) is 11.8 Å². The number of carbonyl (C=O) groups is 2. The number of amides is 2. The van der Waals surface area contributed by atoms with E-state index >= 15 is 0 Å². The first kappa shape index (κ1) is 21.2. The van der Waals surface area contributed by atoms with Gasteiger partial charge in [-0.15, -0.1) is 0 Å². The third kappa shape index (κ3) is 6.84. The third-order valence-corrected chi connectivity index (χ3v) is 4.46. The second kappa shape index (κ2) is 11.6. The minimum absolute atomic E-state index is 0.0976. The molecule has 2 rings (SSSR count). The van der Waals surface area contributed by atoms with Crippen molar-refractivity contribution in [1.82, 2.24) is 15.5 Å². The molecule has 150 valence electrons. The number of nitrogens with zero attached hydrogens (tertiary/aromatic N) is 1. The highest BCUT2D eigenvalue weighted by molar-refractivity contribution is 5.88. The molecule has 1 unspecified atom stereocenters. The zero-order valence-electron chi connectivity index (χ0n) is 16.3. The van der Waals surface area contributed by atoms with Crippen LogP contribution in [0.15, 0.2) is 24.3 Å². The minimum atomic E-state index is -0.472. The first-order valence-electron chi connectivity index (χ1n) is 9.72. The van der Waals surface area contributed by atoms with Gasteiger partial charge in [0, 0.05) is 45.0 Å². The molecule has 1 aromatic rings. The molecular formula is C20H31N3O4. The minimum Gasteiger partial charge on any atom is -0.494 e. The SMILES string of the molecule is CCOCCCNC(=O)CC1C(=O)NCCN1Cc1ccccc1OCC. The van der Waals surface area contributed by atoms with Gasteiger partial charge in [-0.25, -0.2) is 0 Å². The lowest BCUT2D eigenvalue weighted by molar-refractivity contribution is -0.134. The fourth-order valence-electron chi connectivity index (χ4n) is 3.12. The number of para-hydroxylation sites is 1. The van der Waals surface area contributed by atoms with Gasteiger partial charge >= 0.3 is 0 Å². The molecule has 1 fully saturated rings. The maximum Gasteiger partial charge on any atom is 0.237 e. The molecule has 0 saturated carbocycles. The number of benzene rings is 1. The fourth-order valence-corrected chi connectivity index (χ4v) is 3.12. The van der Waals surface area contributed by atoms with E-state index in [2.05, 4.69) is 15.5 Å². The summed E-state index contributed by atoms with van der Waals surface area (Å²) in [5.74, 6) is 0.612. The van der Waals surface area contributed by atoms with E-state index in [1.807, 2.05) is 38.1 Å². The van der Waals surface area contributed by atoms with E-state index in [4.69, 9.17) is 9.47 Å². The summed E-state index contributed by atoms with van der Waals surface area (Å²) < 4.78 is 10.9. The summed E-state index contributed by atoms with van der Waals surface area (Å²) in [6.45, 7) is 8.20. The smallest absolute Gasteiger partial charge is 0.237 e. The normalized spacial score (nSPS) is 17.4. The van der Waals surface area contributed by atoms with Crippen molar-refractivity contribution in [1.29, 1.82) is 0 Å². The number of ether oxygens (including phenoxy) is 2. The number of piperazine rings is 1. The van der Waals surface area contributed by atoms with Crippen LogP contribution in [0.3, 0.4) is 0 Å². The van der Waals surface area contributed by atoms with Gasteiger partial charge in [-0.1, -0.05) is 18.2 Å². The third-order valence-electron chi connectivity index (χ3n) is 4.46. The predicted octanol–water partition coefficient (Wildman–Crippen LogP) is 1.32. The highest BCUT2D eigenvalue weighted by atomic mass is 16.5. The molecule has 7 nitrogen and oxygen atoms in total. The maximum absolute atomic E-state index is 12.4. The van der Waals surface area contributed by atoms with E-state index < -0.39 is 6.04 Å². The Hall–Kier alpha value is -2.12. The summed E-state index contributed by atoms with van der Waals surface area (Å²) >= 11 is 0. The Kier molecular flexibility index (Phi) is 9.07. The summed E-state index contributed by atoms with van der Waals surface area (Å²) in [6, 6.07) is 7.36. The molecule has 1 atom stereocenters. The number of nitrogens with one attached hydrogen (secondary N) is 2. The van der Waals surface area contributed by atoms with Crippen LogP contribution >= 0.6 is 0 Å². The van der Waals surface area contributed by atoms with Crippen LogP contribution in [0.5, 0.6) is 5.75 Å². The van der Waals surface area contributed by atoms with E-state index in [-0.39, 0.29) is 18.2 Å². The maximum atomic E-state index is 12.4. The highest BCUT2D eigenvalue weighted by Gasteiger charge is 2.31. The Morgan fingerprint density at radius 1 is 1.30 bits per heavy atom. The Morgan fingerprint density at radius 3 is 2.89 bits per heavy atom. The summed E-state index contributed by atoms with van der Waals surface area (Å²) in [6.07, 6.45) is 0.916. The molecule has 7 heteroatoms. The summed E-state index contributed by atoms with van der Waals surface area (Å²) in [5, 5.41) is 5.74. The first-order chi connectivity index (χ1) is 13.2. The topological polar surface area (TPSA) is 79.9 Å². The zero-order valence-corrected chi connectivity index (χ0v) is 16.3. The number of hydrogen-bond donors (Lipinski definition) is 2. The summed E-state index contributed by atoms with van der Waals surface area (Å²) in [4.78, 5) is 26.7. The molecule has 1 saturated heterocycles. The Labute approximate surface area is 161 Å². The lowest BCUT2D eigenvalue weighted by Gasteiger charge is -2.35. The Balaban J connectivity index is 1.94. The summed E-state index contributed by atoms with van der Waals surface area (Å²) in [5.41, 5.74) is 1.02. The second-order valence-electron chi connectivity index (χ2n) is 6.42. The molecule has 0 aliphatic carbocycles. The van der Waals surface area contributed by atoms with Crippen molar-refractivity contribution in [2.75, 3.05) is 39.5 Å². The van der Waals surface area contributed by atoms with Crippen molar-refractivity contribution in [2.45, 2.75) is 39.3 Å². The van der Waals surface area contributed by atoms with Gasteiger partial charge in [-0.05, 0) is 26.3 Å². The van der Waals surface area contributed by atoms with Gasteiger partial charge in [0.1, 0.15) is 5.75 Å². The van der Waals surface area contributed by atoms with Crippen molar-refractivity contribution in [3.8, 4) is 5.75 Å². The molecule has 1 aliphatic heterocycles. The molecule has 2 amide bonds. The van der Waals surface area contributed by atoms with E-state index in [1.54, 1.807) is 0 Å². The number of carbonyl (C=O) groups excluding carboxylic acids is 2. The molecule has 1 aromatic carbocycles. The van der Waals surface area contributed by atoms with Crippen LogP contribution < -0.4 is 15.4 Å². The molecule has 1 heterocycles. The molecule has 1 aliphatic rings. The molecule has 2 N–H and O–H groups in total. The monoisotopic (exact) mass is 377 g/mol. The lowest BCUT2D eigenvalue weighted by atomic mass is 10.1. The quantitative estimate of drug-likeness (QED) is 0.569. The van der Waals surface area contributed by atoms with Crippen molar-refractivity contribution in [3.63, 3.8) is 0 Å². The largest absolute Gasteiger partial charge is 0.494 e. The van der Waals surface area contributed by atoms with Crippen LogP contribution in [0.2, 0.25) is 0 Å². The molecule has 0 radical (unpaired) electrons. The van der Waals surface area contributed by atoms with E-state index in [0.717, 1.165) is 17.7 Å². The van der Waals surface area contributed by atoms with Gasteiger partial charge in [0.15, 0.2) is 0 Å². The molecular weight excluding hydrogens is 346 g/mol. The summed E-state index contributed by atoms with van der Waals surface area (Å²) in [7, 11) is 0. The Bertz CT molecular complexity index is 609. The van der Waals surface area contributed by atoms with Crippen molar-refractivity contribution in [3.05, 3.63) is 29.8 Å². The standard InChI is InChI=1S/C20H31N3O4/c1-3-26-13-7-10-21-19(24)14-17-20(25)22-11-12-23(17)15-16-8-5-6-9-18(16)27-4-2/h5-6,8-9,17H,3-4,7,10-15H2,1-2H3,(H,21,24)(H,22,25). The van der Waals surface area contributed by atoms with Crippen LogP contribution in [0, 0.1) is 0 Å². The number of hydrogen-bond acceptors (Lipinski definition) is 5. The number of rotatable bonds is 11. The molecule has 0 aromatic heterocycles. The van der Waals surface area contributed by atoms with Crippen LogP contribution in [0.4, 0.5) is 0 Å². The zero-order chi connectivity index (χ0) is 19.5. The van der Waals surface area contributed by atoms with Crippen LogP contribution in [0.25, 0.3) is 0 Å². The van der Waals surface area contributed by atoms with Gasteiger partial charge in [0.25, 0.3) is 0 Å². The van der Waals surface area contributed by atoms with Crippen molar-refractivity contribution >= 4 is 11.8 Å². The molecule has 27 heavy (non-hydrogen) atoms. The van der Waals surface area contributed by atoms with E-state index in [0.29, 0.717) is 46.0 Å². The van der Waals surface area contributed by atoms with Gasteiger partial charge < -0.3 is 20.1 Å². The average Bonchev–Trinajstić information content (AvgIpc) is 2.66. The van der Waals surface area contributed by atoms with E-state index in [1.165, 1.54) is 0 Å². The average molecular weight is 377 g/mol. The molecule has 0 spiro atoms. The first-order valence-corrected chi connectivity index (χ1v) is 9.72.